The third kappa shape index (κ3) is 2.08. The smallest absolute Gasteiger partial charge is 0.347 e. The van der Waals surface area contributed by atoms with Gasteiger partial charge in [0.1, 0.15) is 5.75 Å². The van der Waals surface area contributed by atoms with Gasteiger partial charge in [-0.05, 0) is 18.2 Å². The van der Waals surface area contributed by atoms with E-state index in [1.165, 1.54) is 0 Å². The second kappa shape index (κ2) is 4.01. The van der Waals surface area contributed by atoms with E-state index >= 15 is 0 Å². The Bertz CT molecular complexity index is 422. The van der Waals surface area contributed by atoms with Gasteiger partial charge in [0.05, 0.1) is 18.2 Å². The molecule has 0 radical (unpaired) electrons. The normalized spacial score (nSPS) is 19.4. The Morgan fingerprint density at radius 3 is 3.07 bits per heavy atom. The van der Waals surface area contributed by atoms with Crippen LogP contribution in [0.5, 0.6) is 5.75 Å². The van der Waals surface area contributed by atoms with Crippen LogP contribution in [0.3, 0.4) is 0 Å². The van der Waals surface area contributed by atoms with E-state index < -0.39 is 6.10 Å². The minimum absolute atomic E-state index is 0.336. The molecule has 2 rings (SSSR count). The highest BCUT2D eigenvalue weighted by Crippen LogP contribution is 2.18. The zero-order chi connectivity index (χ0) is 10.7. The number of cyclic esters (lactones) is 1. The van der Waals surface area contributed by atoms with Crippen molar-refractivity contribution < 1.29 is 14.3 Å². The minimum Gasteiger partial charge on any atom is -0.479 e. The highest BCUT2D eigenvalue weighted by Gasteiger charge is 2.28. The second-order valence-electron chi connectivity index (χ2n) is 3.20. The average molecular weight is 203 g/mol. The van der Waals surface area contributed by atoms with Crippen molar-refractivity contribution >= 4 is 5.97 Å². The Morgan fingerprint density at radius 1 is 1.53 bits per heavy atom. The molecule has 1 aliphatic rings. The van der Waals surface area contributed by atoms with Crippen LogP contribution < -0.4 is 4.74 Å². The predicted octanol–water partition coefficient (Wildman–Crippen LogP) is 1.25. The number of hydrogen-bond donors (Lipinski definition) is 0. The summed E-state index contributed by atoms with van der Waals surface area (Å²) in [5.41, 5.74) is 0.513. The molecule has 0 amide bonds. The van der Waals surface area contributed by atoms with Crippen molar-refractivity contribution in [2.24, 2.45) is 0 Å². The Balaban J connectivity index is 2.10. The Labute approximate surface area is 87.0 Å². The van der Waals surface area contributed by atoms with E-state index in [1.807, 2.05) is 6.07 Å². The molecule has 1 aromatic carbocycles. The topological polar surface area (TPSA) is 59.3 Å². The van der Waals surface area contributed by atoms with Crippen LogP contribution in [0.4, 0.5) is 0 Å². The summed E-state index contributed by atoms with van der Waals surface area (Å²) in [6.07, 6.45) is 0.0363. The van der Waals surface area contributed by atoms with Crippen molar-refractivity contribution in [1.82, 2.24) is 0 Å². The first kappa shape index (κ1) is 9.53. The molecule has 0 aliphatic carbocycles. The van der Waals surface area contributed by atoms with Crippen LogP contribution in [0.1, 0.15) is 12.0 Å². The summed E-state index contributed by atoms with van der Waals surface area (Å²) in [7, 11) is 0. The van der Waals surface area contributed by atoms with Crippen molar-refractivity contribution in [3.05, 3.63) is 29.8 Å². The number of benzene rings is 1. The molecule has 1 fully saturated rings. The van der Waals surface area contributed by atoms with Gasteiger partial charge in [0.15, 0.2) is 6.10 Å². The van der Waals surface area contributed by atoms with E-state index in [9.17, 15) is 4.79 Å². The lowest BCUT2D eigenvalue weighted by atomic mass is 10.2. The van der Waals surface area contributed by atoms with Gasteiger partial charge in [-0.25, -0.2) is 4.79 Å². The van der Waals surface area contributed by atoms with E-state index in [-0.39, 0.29) is 5.97 Å². The Kier molecular flexibility index (Phi) is 2.55. The van der Waals surface area contributed by atoms with Crippen LogP contribution in [0.2, 0.25) is 0 Å². The van der Waals surface area contributed by atoms with Gasteiger partial charge in [-0.2, -0.15) is 5.26 Å². The van der Waals surface area contributed by atoms with E-state index in [1.54, 1.807) is 24.3 Å². The van der Waals surface area contributed by atoms with Crippen LogP contribution in [-0.2, 0) is 9.53 Å². The molecule has 1 atom stereocenters. The highest BCUT2D eigenvalue weighted by molar-refractivity contribution is 5.76. The van der Waals surface area contributed by atoms with Crippen molar-refractivity contribution in [2.45, 2.75) is 12.5 Å². The summed E-state index contributed by atoms with van der Waals surface area (Å²) >= 11 is 0. The van der Waals surface area contributed by atoms with Crippen LogP contribution in [-0.4, -0.2) is 18.7 Å². The molecule has 0 N–H and O–H groups in total. The molecular formula is C11H9NO3. The molecular weight excluding hydrogens is 194 g/mol. The van der Waals surface area contributed by atoms with Gasteiger partial charge >= 0.3 is 5.97 Å². The molecule has 1 aliphatic heterocycles. The SMILES string of the molecule is N#Cc1cccc(O[C@@H]2CCOC2=O)c1. The lowest BCUT2D eigenvalue weighted by Crippen LogP contribution is -2.21. The molecule has 0 bridgehead atoms. The largest absolute Gasteiger partial charge is 0.479 e. The minimum atomic E-state index is -0.529. The number of carbonyl (C=O) groups excluding carboxylic acids is 1. The summed E-state index contributed by atoms with van der Waals surface area (Å²) in [6.45, 7) is 0.404. The van der Waals surface area contributed by atoms with Crippen LogP contribution in [0, 0.1) is 11.3 Å². The number of hydrogen-bond acceptors (Lipinski definition) is 4. The first-order valence-corrected chi connectivity index (χ1v) is 4.63. The second-order valence-corrected chi connectivity index (χ2v) is 3.20. The van der Waals surface area contributed by atoms with Gasteiger partial charge in [-0.3, -0.25) is 0 Å². The molecule has 15 heavy (non-hydrogen) atoms. The molecule has 76 valence electrons. The van der Waals surface area contributed by atoms with Crippen molar-refractivity contribution in [3.63, 3.8) is 0 Å². The van der Waals surface area contributed by atoms with Crippen molar-refractivity contribution in [1.29, 1.82) is 5.26 Å². The summed E-state index contributed by atoms with van der Waals surface area (Å²) < 4.78 is 10.2. The molecule has 0 saturated carbocycles. The van der Waals surface area contributed by atoms with Crippen molar-refractivity contribution in [3.8, 4) is 11.8 Å². The molecule has 4 nitrogen and oxygen atoms in total. The number of carbonyl (C=O) groups is 1. The maximum Gasteiger partial charge on any atom is 0.347 e. The Hall–Kier alpha value is -2.02. The maximum atomic E-state index is 11.1. The van der Waals surface area contributed by atoms with Gasteiger partial charge in [-0.1, -0.05) is 6.07 Å². The van der Waals surface area contributed by atoms with Crippen LogP contribution >= 0.6 is 0 Å². The first-order chi connectivity index (χ1) is 7.29. The number of nitriles is 1. The standard InChI is InChI=1S/C11H9NO3/c12-7-8-2-1-3-9(6-8)15-10-4-5-14-11(10)13/h1-3,6,10H,4-5H2/t10-/m1/s1. The zero-order valence-corrected chi connectivity index (χ0v) is 7.97. The summed E-state index contributed by atoms with van der Waals surface area (Å²) in [4.78, 5) is 11.1. The molecule has 1 heterocycles. The fourth-order valence-electron chi connectivity index (χ4n) is 1.39. The Morgan fingerprint density at radius 2 is 2.40 bits per heavy atom. The van der Waals surface area contributed by atoms with Crippen molar-refractivity contribution in [2.75, 3.05) is 6.61 Å². The van der Waals surface area contributed by atoms with E-state index in [4.69, 9.17) is 14.7 Å². The molecule has 0 spiro atoms. The maximum absolute atomic E-state index is 11.1. The summed E-state index contributed by atoms with van der Waals surface area (Å²) in [5, 5.41) is 8.68. The third-order valence-corrected chi connectivity index (χ3v) is 2.13. The van der Waals surface area contributed by atoms with Gasteiger partial charge in [0.25, 0.3) is 0 Å². The van der Waals surface area contributed by atoms with E-state index in [0.717, 1.165) is 0 Å². The molecule has 0 unspecified atom stereocenters. The number of ether oxygens (including phenoxy) is 2. The first-order valence-electron chi connectivity index (χ1n) is 4.63. The zero-order valence-electron chi connectivity index (χ0n) is 7.97. The molecule has 0 aromatic heterocycles. The van der Waals surface area contributed by atoms with Gasteiger partial charge in [-0.15, -0.1) is 0 Å². The molecule has 1 saturated heterocycles. The third-order valence-electron chi connectivity index (χ3n) is 2.13. The predicted molar refractivity (Wildman–Crippen MR) is 51.1 cm³/mol. The lowest BCUT2D eigenvalue weighted by molar-refractivity contribution is -0.143. The molecule has 4 heteroatoms. The highest BCUT2D eigenvalue weighted by atomic mass is 16.6. The van der Waals surface area contributed by atoms with Gasteiger partial charge in [0, 0.05) is 6.42 Å². The summed E-state index contributed by atoms with van der Waals surface area (Å²) in [6, 6.07) is 8.72. The van der Waals surface area contributed by atoms with E-state index in [0.29, 0.717) is 24.3 Å². The van der Waals surface area contributed by atoms with Crippen LogP contribution in [0.25, 0.3) is 0 Å². The van der Waals surface area contributed by atoms with Crippen LogP contribution in [0.15, 0.2) is 24.3 Å². The van der Waals surface area contributed by atoms with E-state index in [2.05, 4.69) is 0 Å². The number of esters is 1. The average Bonchev–Trinajstić information content (AvgIpc) is 2.65. The number of rotatable bonds is 2. The fraction of sp³-hybridized carbons (Fsp3) is 0.273. The number of nitrogens with zero attached hydrogens (tertiary/aromatic N) is 1. The molecule has 1 aromatic rings. The van der Waals surface area contributed by atoms with Gasteiger partial charge < -0.3 is 9.47 Å². The van der Waals surface area contributed by atoms with Gasteiger partial charge in [0.2, 0.25) is 0 Å². The quantitative estimate of drug-likeness (QED) is 0.679. The summed E-state index contributed by atoms with van der Waals surface area (Å²) in [5.74, 6) is 0.190. The lowest BCUT2D eigenvalue weighted by Gasteiger charge is -2.09. The monoisotopic (exact) mass is 203 g/mol. The fourth-order valence-corrected chi connectivity index (χ4v) is 1.39.